The van der Waals surface area contributed by atoms with E-state index >= 15 is 0 Å². The largest absolute Gasteiger partial charge is 0.389 e. The Bertz CT molecular complexity index is 255. The molecular formula is C16H31NO2. The Morgan fingerprint density at radius 2 is 1.84 bits per heavy atom. The molecule has 1 aliphatic carbocycles. The van der Waals surface area contributed by atoms with Crippen molar-refractivity contribution < 1.29 is 9.90 Å². The molecule has 0 amide bonds. The topological polar surface area (TPSA) is 63.3 Å². The molecule has 3 N–H and O–H groups in total. The molecule has 1 unspecified atom stereocenters. The smallest absolute Gasteiger partial charge is 0.158 e. The molecule has 0 heterocycles. The average molecular weight is 269 g/mol. The van der Waals surface area contributed by atoms with Crippen LogP contribution in [-0.4, -0.2) is 23.5 Å². The first kappa shape index (κ1) is 16.6. The van der Waals surface area contributed by atoms with Crippen LogP contribution in [0.25, 0.3) is 0 Å². The molecule has 0 aromatic heterocycles. The third kappa shape index (κ3) is 7.07. The first-order valence-electron chi connectivity index (χ1n) is 8.01. The van der Waals surface area contributed by atoms with Gasteiger partial charge in [0.25, 0.3) is 0 Å². The number of carbonyl (C=O) groups is 1. The fourth-order valence-corrected chi connectivity index (χ4v) is 3.16. The van der Waals surface area contributed by atoms with Crippen molar-refractivity contribution in [2.75, 3.05) is 6.61 Å². The molecule has 0 bridgehead atoms. The van der Waals surface area contributed by atoms with Gasteiger partial charge in [-0.3, -0.25) is 4.79 Å². The van der Waals surface area contributed by atoms with Gasteiger partial charge >= 0.3 is 0 Å². The molecule has 0 aliphatic heterocycles. The molecular weight excluding hydrogens is 238 g/mol. The zero-order valence-corrected chi connectivity index (χ0v) is 12.4. The summed E-state index contributed by atoms with van der Waals surface area (Å²) >= 11 is 0. The minimum atomic E-state index is -0.290. The number of aliphatic hydroxyl groups is 1. The number of aliphatic hydroxyl groups excluding tert-OH is 1. The molecule has 0 saturated heterocycles. The van der Waals surface area contributed by atoms with Crippen LogP contribution in [0.4, 0.5) is 0 Å². The van der Waals surface area contributed by atoms with E-state index in [0.717, 1.165) is 18.8 Å². The van der Waals surface area contributed by atoms with Gasteiger partial charge in [0.05, 0.1) is 0 Å². The predicted octanol–water partition coefficient (Wildman–Crippen LogP) is 3.04. The van der Waals surface area contributed by atoms with E-state index in [1.165, 1.54) is 44.9 Å². The van der Waals surface area contributed by atoms with Gasteiger partial charge in [-0.25, -0.2) is 0 Å². The third-order valence-corrected chi connectivity index (χ3v) is 4.59. The highest BCUT2D eigenvalue weighted by atomic mass is 16.3. The molecule has 0 radical (unpaired) electrons. The molecule has 0 aromatic rings. The Morgan fingerprint density at radius 3 is 2.53 bits per heavy atom. The van der Waals surface area contributed by atoms with Crippen LogP contribution in [-0.2, 0) is 4.79 Å². The summed E-state index contributed by atoms with van der Waals surface area (Å²) in [6.45, 7) is 2.00. The lowest BCUT2D eigenvalue weighted by Crippen LogP contribution is -2.34. The number of hydrogen-bond acceptors (Lipinski definition) is 3. The quantitative estimate of drug-likeness (QED) is 0.632. The molecule has 1 saturated carbocycles. The van der Waals surface area contributed by atoms with Crippen LogP contribution in [0.5, 0.6) is 0 Å². The lowest BCUT2D eigenvalue weighted by atomic mass is 9.77. The Kier molecular flexibility index (Phi) is 8.31. The predicted molar refractivity (Wildman–Crippen MR) is 78.9 cm³/mol. The second kappa shape index (κ2) is 9.49. The summed E-state index contributed by atoms with van der Waals surface area (Å²) in [7, 11) is 0. The molecule has 1 aliphatic rings. The minimum absolute atomic E-state index is 0.0208. The van der Waals surface area contributed by atoms with Crippen LogP contribution < -0.4 is 5.73 Å². The number of rotatable bonds is 9. The second-order valence-electron chi connectivity index (χ2n) is 6.32. The van der Waals surface area contributed by atoms with E-state index in [9.17, 15) is 4.79 Å². The molecule has 1 fully saturated rings. The van der Waals surface area contributed by atoms with Crippen molar-refractivity contribution in [1.82, 2.24) is 0 Å². The Balaban J connectivity index is 1.92. The van der Waals surface area contributed by atoms with Crippen LogP contribution in [0, 0.1) is 11.8 Å². The van der Waals surface area contributed by atoms with Crippen molar-refractivity contribution in [3.05, 3.63) is 0 Å². The third-order valence-electron chi connectivity index (χ3n) is 4.59. The van der Waals surface area contributed by atoms with Crippen LogP contribution in [0.15, 0.2) is 0 Å². The summed E-state index contributed by atoms with van der Waals surface area (Å²) in [6.07, 6.45) is 11.6. The van der Waals surface area contributed by atoms with Gasteiger partial charge in [-0.05, 0) is 37.5 Å². The summed E-state index contributed by atoms with van der Waals surface area (Å²) in [6, 6.07) is 0.431. The van der Waals surface area contributed by atoms with Crippen molar-refractivity contribution in [3.63, 3.8) is 0 Å². The molecule has 112 valence electrons. The second-order valence-corrected chi connectivity index (χ2v) is 6.32. The minimum Gasteiger partial charge on any atom is -0.389 e. The Morgan fingerprint density at radius 1 is 1.16 bits per heavy atom. The fourth-order valence-electron chi connectivity index (χ4n) is 3.16. The van der Waals surface area contributed by atoms with Crippen molar-refractivity contribution in [3.8, 4) is 0 Å². The van der Waals surface area contributed by atoms with Gasteiger partial charge in [0, 0.05) is 12.5 Å². The van der Waals surface area contributed by atoms with Crippen LogP contribution >= 0.6 is 0 Å². The Labute approximate surface area is 118 Å². The average Bonchev–Trinajstić information content (AvgIpc) is 2.41. The molecule has 1 rings (SSSR count). The van der Waals surface area contributed by atoms with Crippen molar-refractivity contribution in [2.24, 2.45) is 17.6 Å². The highest BCUT2D eigenvalue weighted by Crippen LogP contribution is 2.31. The zero-order valence-electron chi connectivity index (χ0n) is 12.4. The number of nitrogens with two attached hydrogens (primary N) is 1. The van der Waals surface area contributed by atoms with E-state index in [2.05, 4.69) is 6.92 Å². The molecule has 19 heavy (non-hydrogen) atoms. The van der Waals surface area contributed by atoms with E-state index < -0.39 is 0 Å². The Hall–Kier alpha value is -0.410. The fraction of sp³-hybridized carbons (Fsp3) is 0.938. The van der Waals surface area contributed by atoms with Gasteiger partial charge in [-0.2, -0.15) is 0 Å². The maximum absolute atomic E-state index is 10.9. The molecule has 3 heteroatoms. The van der Waals surface area contributed by atoms with Crippen molar-refractivity contribution in [1.29, 1.82) is 0 Å². The zero-order chi connectivity index (χ0) is 14.1. The molecule has 3 nitrogen and oxygen atoms in total. The van der Waals surface area contributed by atoms with Crippen LogP contribution in [0.3, 0.4) is 0 Å². The van der Waals surface area contributed by atoms with Gasteiger partial charge in [-0.15, -0.1) is 0 Å². The number of unbranched alkanes of at least 4 members (excludes halogenated alkanes) is 4. The van der Waals surface area contributed by atoms with Gasteiger partial charge < -0.3 is 10.8 Å². The molecule has 0 spiro atoms. The first-order chi connectivity index (χ1) is 9.13. The number of carbonyl (C=O) groups excluding carboxylic acids is 1. The van der Waals surface area contributed by atoms with Crippen LogP contribution in [0.1, 0.15) is 71.1 Å². The maximum Gasteiger partial charge on any atom is 0.158 e. The van der Waals surface area contributed by atoms with Gasteiger partial charge in [0.1, 0.15) is 6.61 Å². The summed E-state index contributed by atoms with van der Waals surface area (Å²) in [5, 5.41) is 8.60. The molecule has 0 aromatic carbocycles. The normalized spacial score (nSPS) is 27.4. The van der Waals surface area contributed by atoms with Crippen molar-refractivity contribution in [2.45, 2.75) is 77.2 Å². The number of ketones is 1. The van der Waals surface area contributed by atoms with E-state index in [-0.39, 0.29) is 12.4 Å². The summed E-state index contributed by atoms with van der Waals surface area (Å²) in [5.74, 6) is 1.57. The van der Waals surface area contributed by atoms with Gasteiger partial charge in [-0.1, -0.05) is 39.0 Å². The standard InChI is InChI=1S/C16H31NO2/c1-13-11-14(9-10-16(13)17)7-5-3-2-4-6-8-15(19)12-18/h13-14,16,18H,2-12,17H2,1H3/t13-,14?,16-/m1/s1. The highest BCUT2D eigenvalue weighted by molar-refractivity contribution is 5.79. The monoisotopic (exact) mass is 269 g/mol. The summed E-state index contributed by atoms with van der Waals surface area (Å²) < 4.78 is 0. The summed E-state index contributed by atoms with van der Waals surface area (Å²) in [5.41, 5.74) is 6.04. The lowest BCUT2D eigenvalue weighted by Gasteiger charge is -2.31. The number of hydrogen-bond donors (Lipinski definition) is 2. The van der Waals surface area contributed by atoms with E-state index in [0.29, 0.717) is 18.4 Å². The van der Waals surface area contributed by atoms with E-state index in [1.54, 1.807) is 0 Å². The van der Waals surface area contributed by atoms with Gasteiger partial charge in [0.15, 0.2) is 5.78 Å². The van der Waals surface area contributed by atoms with Crippen molar-refractivity contribution >= 4 is 5.78 Å². The summed E-state index contributed by atoms with van der Waals surface area (Å²) in [4.78, 5) is 10.9. The number of Topliss-reactive ketones (excluding diaryl/α,β-unsaturated/α-hetero) is 1. The molecule has 3 atom stereocenters. The van der Waals surface area contributed by atoms with E-state index in [4.69, 9.17) is 10.8 Å². The first-order valence-corrected chi connectivity index (χ1v) is 8.01. The van der Waals surface area contributed by atoms with Gasteiger partial charge in [0.2, 0.25) is 0 Å². The SMILES string of the molecule is C[C@@H]1CC(CCCCCCCC(=O)CO)CC[C@H]1N. The highest BCUT2D eigenvalue weighted by Gasteiger charge is 2.24. The van der Waals surface area contributed by atoms with Crippen LogP contribution in [0.2, 0.25) is 0 Å². The van der Waals surface area contributed by atoms with E-state index in [1.807, 2.05) is 0 Å². The lowest BCUT2D eigenvalue weighted by molar-refractivity contribution is -0.121. The maximum atomic E-state index is 10.9.